The minimum Gasteiger partial charge on any atom is -0.495 e. The summed E-state index contributed by atoms with van der Waals surface area (Å²) in [7, 11) is 1.70. The van der Waals surface area contributed by atoms with Crippen LogP contribution < -0.4 is 15.0 Å². The normalized spacial score (nSPS) is 24.0. The summed E-state index contributed by atoms with van der Waals surface area (Å²) in [6.07, 6.45) is 1.06. The predicted octanol–water partition coefficient (Wildman–Crippen LogP) is 1.26. The molecule has 0 saturated carbocycles. The number of methoxy groups -OCH3 is 1. The highest BCUT2D eigenvalue weighted by atomic mass is 16.5. The summed E-state index contributed by atoms with van der Waals surface area (Å²) in [4.78, 5) is 19.5. The van der Waals surface area contributed by atoms with Crippen molar-refractivity contribution >= 4 is 11.7 Å². The second-order valence-corrected chi connectivity index (χ2v) is 8.17. The van der Waals surface area contributed by atoms with E-state index in [0.717, 1.165) is 70.5 Å². The minimum atomic E-state index is 0.0341. The van der Waals surface area contributed by atoms with Gasteiger partial charge in [0.2, 0.25) is 0 Å². The van der Waals surface area contributed by atoms with Crippen LogP contribution in [-0.4, -0.2) is 101 Å². The van der Waals surface area contributed by atoms with Gasteiger partial charge in [0.1, 0.15) is 5.75 Å². The van der Waals surface area contributed by atoms with Crippen molar-refractivity contribution in [3.05, 3.63) is 24.3 Å². The molecule has 0 radical (unpaired) electrons. The molecule has 0 aliphatic carbocycles. The molecule has 30 heavy (non-hydrogen) atoms. The molecule has 8 nitrogen and oxygen atoms in total. The van der Waals surface area contributed by atoms with E-state index >= 15 is 0 Å². The lowest BCUT2D eigenvalue weighted by molar-refractivity contribution is 0.00185. The number of hydrogen-bond acceptors (Lipinski definition) is 6. The highest BCUT2D eigenvalue weighted by molar-refractivity contribution is 5.74. The molecule has 3 saturated heterocycles. The predicted molar refractivity (Wildman–Crippen MR) is 115 cm³/mol. The average molecular weight is 419 g/mol. The van der Waals surface area contributed by atoms with Gasteiger partial charge in [0, 0.05) is 64.4 Å². The van der Waals surface area contributed by atoms with Crippen molar-refractivity contribution < 1.29 is 19.0 Å². The second-order valence-electron chi connectivity index (χ2n) is 8.17. The Hall–Kier alpha value is -2.03. The molecule has 1 N–H and O–H groups in total. The van der Waals surface area contributed by atoms with Crippen LogP contribution in [0.25, 0.3) is 0 Å². The smallest absolute Gasteiger partial charge is 0.317 e. The van der Waals surface area contributed by atoms with Gasteiger partial charge in [-0.25, -0.2) is 4.79 Å². The zero-order chi connectivity index (χ0) is 20.8. The molecule has 1 aromatic rings. The van der Waals surface area contributed by atoms with Gasteiger partial charge in [-0.3, -0.25) is 4.90 Å². The molecule has 2 atom stereocenters. The van der Waals surface area contributed by atoms with Crippen molar-refractivity contribution in [2.45, 2.75) is 12.5 Å². The SMILES string of the molecule is COc1ccccc1N1CCN(C(=O)NC[C@@H]([C@H]2CCOC2)N2CCOCC2)CC1. The molecule has 3 heterocycles. The number of carbonyl (C=O) groups is 1. The number of nitrogens with zero attached hydrogens (tertiary/aromatic N) is 3. The Morgan fingerprint density at radius 3 is 2.57 bits per heavy atom. The van der Waals surface area contributed by atoms with Crippen LogP contribution in [0.15, 0.2) is 24.3 Å². The highest BCUT2D eigenvalue weighted by Gasteiger charge is 2.32. The third kappa shape index (κ3) is 4.99. The number of piperazine rings is 1. The first-order valence-electron chi connectivity index (χ1n) is 11.1. The minimum absolute atomic E-state index is 0.0341. The van der Waals surface area contributed by atoms with Crippen molar-refractivity contribution in [1.29, 1.82) is 0 Å². The highest BCUT2D eigenvalue weighted by Crippen LogP contribution is 2.28. The van der Waals surface area contributed by atoms with Crippen LogP contribution in [0, 0.1) is 5.92 Å². The van der Waals surface area contributed by atoms with E-state index < -0.39 is 0 Å². The Balaban J connectivity index is 1.29. The van der Waals surface area contributed by atoms with Crippen LogP contribution in [-0.2, 0) is 9.47 Å². The maximum atomic E-state index is 12.9. The molecule has 3 aliphatic heterocycles. The van der Waals surface area contributed by atoms with Gasteiger partial charge in [-0.2, -0.15) is 0 Å². The number of benzene rings is 1. The lowest BCUT2D eigenvalue weighted by atomic mass is 9.97. The molecule has 4 rings (SSSR count). The zero-order valence-corrected chi connectivity index (χ0v) is 17.9. The number of carbonyl (C=O) groups excluding carboxylic acids is 1. The van der Waals surface area contributed by atoms with Gasteiger partial charge in [-0.05, 0) is 18.6 Å². The van der Waals surface area contributed by atoms with E-state index in [1.807, 2.05) is 23.1 Å². The van der Waals surface area contributed by atoms with E-state index in [1.165, 1.54) is 0 Å². The van der Waals surface area contributed by atoms with Gasteiger partial charge in [-0.15, -0.1) is 0 Å². The van der Waals surface area contributed by atoms with Crippen LogP contribution in [0.3, 0.4) is 0 Å². The largest absolute Gasteiger partial charge is 0.495 e. The topological polar surface area (TPSA) is 66.5 Å². The summed E-state index contributed by atoms with van der Waals surface area (Å²) >= 11 is 0. The third-order valence-corrected chi connectivity index (χ3v) is 6.48. The van der Waals surface area contributed by atoms with Gasteiger partial charge >= 0.3 is 6.03 Å². The average Bonchev–Trinajstić information content (AvgIpc) is 3.34. The fourth-order valence-electron chi connectivity index (χ4n) is 4.70. The third-order valence-electron chi connectivity index (χ3n) is 6.48. The van der Waals surface area contributed by atoms with Gasteiger partial charge < -0.3 is 29.3 Å². The Labute approximate surface area is 179 Å². The van der Waals surface area contributed by atoms with Crippen molar-refractivity contribution in [2.24, 2.45) is 5.92 Å². The lowest BCUT2D eigenvalue weighted by Gasteiger charge is -2.39. The number of urea groups is 1. The number of hydrogen-bond donors (Lipinski definition) is 1. The number of rotatable bonds is 6. The van der Waals surface area contributed by atoms with Crippen molar-refractivity contribution in [2.75, 3.05) is 84.3 Å². The Morgan fingerprint density at radius 1 is 1.10 bits per heavy atom. The molecule has 0 spiro atoms. The van der Waals surface area contributed by atoms with E-state index in [0.29, 0.717) is 31.6 Å². The summed E-state index contributed by atoms with van der Waals surface area (Å²) in [5, 5.41) is 3.21. The summed E-state index contributed by atoms with van der Waals surface area (Å²) < 4.78 is 16.6. The monoisotopic (exact) mass is 418 g/mol. The van der Waals surface area contributed by atoms with Gasteiger partial charge in [0.05, 0.1) is 32.6 Å². The molecular weight excluding hydrogens is 384 g/mol. The lowest BCUT2D eigenvalue weighted by Crippen LogP contribution is -2.56. The molecular formula is C22H34N4O4. The molecule has 2 amide bonds. The summed E-state index contributed by atoms with van der Waals surface area (Å²) in [5.41, 5.74) is 1.09. The standard InChI is InChI=1S/C22H34N4O4/c1-28-21-5-3-2-4-19(21)24-7-9-26(10-8-24)22(27)23-16-20(18-6-13-30-17-18)25-11-14-29-15-12-25/h2-5,18,20H,6-17H2,1H3,(H,23,27)/t18-,20-/m0/s1. The second kappa shape index (κ2) is 10.3. The molecule has 0 aromatic heterocycles. The molecule has 0 bridgehead atoms. The Kier molecular flexibility index (Phi) is 7.30. The first-order valence-corrected chi connectivity index (χ1v) is 11.1. The van der Waals surface area contributed by atoms with Crippen molar-refractivity contribution in [1.82, 2.24) is 15.1 Å². The molecule has 8 heteroatoms. The van der Waals surface area contributed by atoms with E-state index in [-0.39, 0.29) is 6.03 Å². The number of para-hydroxylation sites is 2. The van der Waals surface area contributed by atoms with Crippen LogP contribution in [0.4, 0.5) is 10.5 Å². The molecule has 3 aliphatic rings. The van der Waals surface area contributed by atoms with E-state index in [2.05, 4.69) is 21.2 Å². The van der Waals surface area contributed by atoms with Crippen molar-refractivity contribution in [3.63, 3.8) is 0 Å². The maximum absolute atomic E-state index is 12.9. The van der Waals surface area contributed by atoms with E-state index in [1.54, 1.807) is 7.11 Å². The van der Waals surface area contributed by atoms with Crippen LogP contribution in [0.1, 0.15) is 6.42 Å². The van der Waals surface area contributed by atoms with Gasteiger partial charge in [0.25, 0.3) is 0 Å². The Morgan fingerprint density at radius 2 is 1.87 bits per heavy atom. The van der Waals surface area contributed by atoms with E-state index in [9.17, 15) is 4.79 Å². The quantitative estimate of drug-likeness (QED) is 0.751. The fraction of sp³-hybridized carbons (Fsp3) is 0.682. The number of anilines is 1. The number of amides is 2. The van der Waals surface area contributed by atoms with E-state index in [4.69, 9.17) is 14.2 Å². The fourth-order valence-corrected chi connectivity index (χ4v) is 4.70. The summed E-state index contributed by atoms with van der Waals surface area (Å²) in [6.45, 7) is 8.68. The first-order chi connectivity index (χ1) is 14.8. The first kappa shape index (κ1) is 21.2. The molecule has 0 unspecified atom stereocenters. The zero-order valence-electron chi connectivity index (χ0n) is 17.9. The number of ether oxygens (including phenoxy) is 3. The number of morpholine rings is 1. The van der Waals surface area contributed by atoms with Crippen molar-refractivity contribution in [3.8, 4) is 5.75 Å². The molecule has 166 valence electrons. The van der Waals surface area contributed by atoms with Crippen LogP contribution >= 0.6 is 0 Å². The van der Waals surface area contributed by atoms with Crippen LogP contribution in [0.5, 0.6) is 5.75 Å². The van der Waals surface area contributed by atoms with Crippen LogP contribution in [0.2, 0.25) is 0 Å². The summed E-state index contributed by atoms with van der Waals surface area (Å²) in [6, 6.07) is 8.40. The summed E-state index contributed by atoms with van der Waals surface area (Å²) in [5.74, 6) is 1.35. The molecule has 3 fully saturated rings. The maximum Gasteiger partial charge on any atom is 0.317 e. The van der Waals surface area contributed by atoms with Gasteiger partial charge in [-0.1, -0.05) is 12.1 Å². The molecule has 1 aromatic carbocycles. The van der Waals surface area contributed by atoms with Gasteiger partial charge in [0.15, 0.2) is 0 Å². The number of nitrogens with one attached hydrogen (secondary N) is 1. The Bertz CT molecular complexity index is 683.